The fourth-order valence-corrected chi connectivity index (χ4v) is 2.57. The molecule has 0 bridgehead atoms. The molecular formula is C10H11N7O2S. The van der Waals surface area contributed by atoms with Gasteiger partial charge in [-0.1, -0.05) is 11.3 Å². The summed E-state index contributed by atoms with van der Waals surface area (Å²) < 4.78 is 3.08. The molecule has 9 nitrogen and oxygen atoms in total. The van der Waals surface area contributed by atoms with Crippen molar-refractivity contribution in [3.8, 4) is 0 Å². The molecule has 10 heteroatoms. The van der Waals surface area contributed by atoms with Crippen LogP contribution in [0, 0.1) is 10.1 Å². The Bertz CT molecular complexity index is 759. The van der Waals surface area contributed by atoms with E-state index in [1.165, 1.54) is 15.7 Å². The van der Waals surface area contributed by atoms with E-state index in [0.717, 1.165) is 0 Å². The maximum atomic E-state index is 11.1. The second-order valence-electron chi connectivity index (χ2n) is 4.11. The lowest BCUT2D eigenvalue weighted by Gasteiger charge is -2.01. The van der Waals surface area contributed by atoms with Crippen LogP contribution < -0.4 is 5.32 Å². The lowest BCUT2D eigenvalue weighted by Crippen LogP contribution is -2.08. The number of aryl methyl sites for hydroxylation is 1. The van der Waals surface area contributed by atoms with Crippen LogP contribution in [-0.4, -0.2) is 35.6 Å². The maximum absolute atomic E-state index is 11.1. The van der Waals surface area contributed by atoms with Crippen molar-refractivity contribution >= 4 is 27.9 Å². The van der Waals surface area contributed by atoms with Crippen molar-refractivity contribution in [2.24, 2.45) is 7.05 Å². The third-order valence-corrected chi connectivity index (χ3v) is 3.45. The second kappa shape index (κ2) is 4.89. The van der Waals surface area contributed by atoms with Crippen molar-refractivity contribution in [1.29, 1.82) is 0 Å². The number of imidazole rings is 1. The van der Waals surface area contributed by atoms with Crippen LogP contribution in [0.25, 0.3) is 4.96 Å². The first-order valence-corrected chi connectivity index (χ1v) is 6.71. The lowest BCUT2D eigenvalue weighted by atomic mass is 10.4. The molecule has 3 heterocycles. The maximum Gasteiger partial charge on any atom is 0.372 e. The Kier molecular flexibility index (Phi) is 3.06. The molecule has 0 saturated heterocycles. The predicted octanol–water partition coefficient (Wildman–Crippen LogP) is 1.09. The van der Waals surface area contributed by atoms with Gasteiger partial charge < -0.3 is 15.4 Å². The zero-order chi connectivity index (χ0) is 14.1. The van der Waals surface area contributed by atoms with Crippen molar-refractivity contribution in [1.82, 2.24) is 24.1 Å². The monoisotopic (exact) mass is 293 g/mol. The van der Waals surface area contributed by atoms with E-state index in [0.29, 0.717) is 23.8 Å². The van der Waals surface area contributed by atoms with Gasteiger partial charge in [0, 0.05) is 25.4 Å². The number of aromatic nitrogens is 5. The molecule has 0 aliphatic rings. The highest BCUT2D eigenvalue weighted by molar-refractivity contribution is 7.15. The van der Waals surface area contributed by atoms with Crippen molar-refractivity contribution in [2.75, 3.05) is 11.9 Å². The highest BCUT2D eigenvalue weighted by Gasteiger charge is 2.23. The molecular weight excluding hydrogens is 282 g/mol. The lowest BCUT2D eigenvalue weighted by molar-refractivity contribution is -0.389. The number of anilines is 1. The molecule has 3 aromatic rings. The van der Waals surface area contributed by atoms with E-state index in [-0.39, 0.29) is 11.6 Å². The summed E-state index contributed by atoms with van der Waals surface area (Å²) in [5, 5.41) is 20.0. The fraction of sp³-hybridized carbons (Fsp3) is 0.300. The molecule has 3 aromatic heterocycles. The number of nitrogens with one attached hydrogen (secondary N) is 1. The van der Waals surface area contributed by atoms with Crippen LogP contribution in [-0.2, 0) is 13.5 Å². The van der Waals surface area contributed by atoms with Crippen LogP contribution in [0.2, 0.25) is 0 Å². The summed E-state index contributed by atoms with van der Waals surface area (Å²) in [6.45, 7) is 0.482. The van der Waals surface area contributed by atoms with Gasteiger partial charge in [0.1, 0.15) is 12.5 Å². The Morgan fingerprint density at radius 1 is 1.55 bits per heavy atom. The molecule has 0 fully saturated rings. The summed E-state index contributed by atoms with van der Waals surface area (Å²) >= 11 is 1.35. The van der Waals surface area contributed by atoms with Gasteiger partial charge in [0.25, 0.3) is 4.96 Å². The molecule has 0 amide bonds. The van der Waals surface area contributed by atoms with Crippen molar-refractivity contribution < 1.29 is 4.92 Å². The van der Waals surface area contributed by atoms with Crippen LogP contribution in [0.3, 0.4) is 0 Å². The van der Waals surface area contributed by atoms with Gasteiger partial charge in [0.2, 0.25) is 5.82 Å². The minimum absolute atomic E-state index is 0.0461. The Morgan fingerprint density at radius 3 is 3.10 bits per heavy atom. The molecule has 20 heavy (non-hydrogen) atoms. The zero-order valence-corrected chi connectivity index (χ0v) is 11.4. The first kappa shape index (κ1) is 12.5. The Hall–Kier alpha value is -2.49. The molecule has 1 N–H and O–H groups in total. The van der Waals surface area contributed by atoms with E-state index in [9.17, 15) is 10.1 Å². The van der Waals surface area contributed by atoms with Crippen LogP contribution in [0.5, 0.6) is 0 Å². The van der Waals surface area contributed by atoms with E-state index in [2.05, 4.69) is 20.4 Å². The number of nitrogens with zero attached hydrogens (tertiary/aromatic N) is 6. The van der Waals surface area contributed by atoms with Gasteiger partial charge in [0.05, 0.1) is 0 Å². The van der Waals surface area contributed by atoms with E-state index in [4.69, 9.17) is 0 Å². The van der Waals surface area contributed by atoms with Crippen molar-refractivity contribution in [2.45, 2.75) is 6.42 Å². The topological polar surface area (TPSA) is 103 Å². The number of hydrogen-bond donors (Lipinski definition) is 1. The largest absolute Gasteiger partial charge is 0.372 e. The van der Waals surface area contributed by atoms with Gasteiger partial charge in [-0.05, 0) is 4.92 Å². The van der Waals surface area contributed by atoms with Gasteiger partial charge in [-0.25, -0.2) is 4.98 Å². The Morgan fingerprint density at radius 2 is 2.40 bits per heavy atom. The number of hydrogen-bond acceptors (Lipinski definition) is 7. The number of fused-ring (bicyclic) bond motifs is 1. The third kappa shape index (κ3) is 2.20. The van der Waals surface area contributed by atoms with E-state index in [1.807, 2.05) is 0 Å². The van der Waals surface area contributed by atoms with Crippen LogP contribution >= 0.6 is 11.3 Å². The van der Waals surface area contributed by atoms with Crippen LogP contribution in [0.4, 0.5) is 11.6 Å². The first-order chi connectivity index (χ1) is 9.65. The normalized spacial score (nSPS) is 11.1. The highest BCUT2D eigenvalue weighted by Crippen LogP contribution is 2.27. The van der Waals surface area contributed by atoms with Gasteiger partial charge in [0.15, 0.2) is 5.82 Å². The van der Waals surface area contributed by atoms with E-state index in [1.54, 1.807) is 29.6 Å². The number of thiazole rings is 1. The molecule has 0 aliphatic heterocycles. The third-order valence-electron chi connectivity index (χ3n) is 2.70. The fourth-order valence-electron chi connectivity index (χ4n) is 1.86. The minimum Gasteiger partial charge on any atom is -0.362 e. The summed E-state index contributed by atoms with van der Waals surface area (Å²) in [6.07, 6.45) is 3.82. The van der Waals surface area contributed by atoms with Crippen molar-refractivity contribution in [3.05, 3.63) is 33.8 Å². The molecule has 3 rings (SSSR count). The summed E-state index contributed by atoms with van der Waals surface area (Å²) in [5.41, 5.74) is 0. The van der Waals surface area contributed by atoms with Gasteiger partial charge in [-0.2, -0.15) is 14.5 Å². The Labute approximate surface area is 117 Å². The van der Waals surface area contributed by atoms with Gasteiger partial charge >= 0.3 is 5.82 Å². The Balaban J connectivity index is 1.75. The zero-order valence-electron chi connectivity index (χ0n) is 10.6. The number of nitro groups is 1. The molecule has 0 radical (unpaired) electrons. The molecule has 0 spiro atoms. The summed E-state index contributed by atoms with van der Waals surface area (Å²) in [5.74, 6) is 0.914. The smallest absolute Gasteiger partial charge is 0.362 e. The highest BCUT2D eigenvalue weighted by atomic mass is 32.1. The van der Waals surface area contributed by atoms with E-state index < -0.39 is 4.92 Å². The second-order valence-corrected chi connectivity index (χ2v) is 4.98. The summed E-state index contributed by atoms with van der Waals surface area (Å²) in [6, 6.07) is 0. The molecule has 0 aromatic carbocycles. The standard InChI is InChI=1S/C10H11N7O2S/c1-15-6-12-7(14-15)2-3-11-8-9(17(18)19)16-4-5-20-10(16)13-8/h4-6,11H,2-3H2,1H3. The average molecular weight is 293 g/mol. The van der Waals surface area contributed by atoms with Crippen molar-refractivity contribution in [3.63, 3.8) is 0 Å². The van der Waals surface area contributed by atoms with Crippen LogP contribution in [0.15, 0.2) is 17.9 Å². The predicted molar refractivity (Wildman–Crippen MR) is 72.9 cm³/mol. The van der Waals surface area contributed by atoms with E-state index >= 15 is 0 Å². The molecule has 0 unspecified atom stereocenters. The molecule has 0 atom stereocenters. The molecule has 0 aliphatic carbocycles. The minimum atomic E-state index is -0.436. The van der Waals surface area contributed by atoms with Gasteiger partial charge in [-0.3, -0.25) is 4.68 Å². The molecule has 0 saturated carbocycles. The number of rotatable bonds is 5. The first-order valence-electron chi connectivity index (χ1n) is 5.83. The quantitative estimate of drug-likeness (QED) is 0.558. The summed E-state index contributed by atoms with van der Waals surface area (Å²) in [4.78, 5) is 19.6. The summed E-state index contributed by atoms with van der Waals surface area (Å²) in [7, 11) is 1.79. The molecule has 104 valence electrons. The average Bonchev–Trinajstić information content (AvgIpc) is 3.04. The van der Waals surface area contributed by atoms with Crippen LogP contribution in [0.1, 0.15) is 5.82 Å². The SMILES string of the molecule is Cn1cnc(CCNc2nc3sccn3c2[N+](=O)[O-])n1. The van der Waals surface area contributed by atoms with Gasteiger partial charge in [-0.15, -0.1) is 0 Å².